The maximum absolute atomic E-state index is 2.38. The highest BCUT2D eigenvalue weighted by Gasteiger charge is 2.16. The molecule has 0 aliphatic rings. The predicted octanol–water partition coefficient (Wildman–Crippen LogP) is 7.00. The van der Waals surface area contributed by atoms with Gasteiger partial charge < -0.3 is 0 Å². The Hall–Kier alpha value is -2.60. The second-order valence-electron chi connectivity index (χ2n) is 6.91. The monoisotopic (exact) mass is 308 g/mol. The number of rotatable bonds is 2. The minimum Gasteiger partial charge on any atom is -0.0651 e. The Kier molecular flexibility index (Phi) is 2.84. The summed E-state index contributed by atoms with van der Waals surface area (Å²) in [5.41, 5.74) is 2.95. The van der Waals surface area contributed by atoms with Crippen molar-refractivity contribution in [2.75, 3.05) is 0 Å². The van der Waals surface area contributed by atoms with Crippen LogP contribution in [0, 0.1) is 6.92 Å². The Bertz CT molecular complexity index is 1210. The first kappa shape index (κ1) is 13.8. The lowest BCUT2D eigenvalue weighted by Crippen LogP contribution is -1.95. The first-order chi connectivity index (χ1) is 11.8. The summed E-state index contributed by atoms with van der Waals surface area (Å²) in [4.78, 5) is 0. The molecule has 0 saturated carbocycles. The van der Waals surface area contributed by atoms with Crippen LogP contribution in [0.1, 0.15) is 24.5 Å². The molecule has 0 amide bonds. The van der Waals surface area contributed by atoms with Crippen LogP contribution in [-0.4, -0.2) is 0 Å². The van der Waals surface area contributed by atoms with Gasteiger partial charge in [0.15, 0.2) is 0 Å². The van der Waals surface area contributed by atoms with Crippen molar-refractivity contribution >= 4 is 43.1 Å². The van der Waals surface area contributed by atoms with Crippen molar-refractivity contribution in [2.24, 2.45) is 0 Å². The zero-order valence-electron chi connectivity index (χ0n) is 14.2. The van der Waals surface area contributed by atoms with Crippen molar-refractivity contribution in [1.29, 1.82) is 0 Å². The number of aryl methyl sites for hydroxylation is 2. The van der Waals surface area contributed by atoms with Crippen LogP contribution in [0.5, 0.6) is 0 Å². The second-order valence-corrected chi connectivity index (χ2v) is 6.91. The molecule has 0 spiro atoms. The molecular formula is C24H20. The lowest BCUT2D eigenvalue weighted by Gasteiger charge is -2.19. The van der Waals surface area contributed by atoms with E-state index in [-0.39, 0.29) is 0 Å². The molecule has 0 heterocycles. The van der Waals surface area contributed by atoms with Crippen LogP contribution in [0.25, 0.3) is 43.1 Å². The maximum atomic E-state index is 2.38. The molecule has 5 aromatic carbocycles. The summed E-state index contributed by atoms with van der Waals surface area (Å²) >= 11 is 0. The van der Waals surface area contributed by atoms with E-state index in [1.165, 1.54) is 60.6 Å². The van der Waals surface area contributed by atoms with Crippen molar-refractivity contribution in [1.82, 2.24) is 0 Å². The molecule has 5 aromatic rings. The Morgan fingerprint density at radius 2 is 1.38 bits per heavy atom. The van der Waals surface area contributed by atoms with Gasteiger partial charge in [-0.15, -0.1) is 0 Å². The lowest BCUT2D eigenvalue weighted by molar-refractivity contribution is 0.922. The highest BCUT2D eigenvalue weighted by atomic mass is 14.2. The average Bonchev–Trinajstić information content (AvgIpc) is 2.62. The quantitative estimate of drug-likeness (QED) is 0.243. The molecule has 0 heteroatoms. The minimum absolute atomic E-state index is 1.14. The molecule has 0 aromatic heterocycles. The zero-order valence-corrected chi connectivity index (χ0v) is 14.2. The predicted molar refractivity (Wildman–Crippen MR) is 106 cm³/mol. The minimum atomic E-state index is 1.14. The molecule has 0 bridgehead atoms. The first-order valence-electron chi connectivity index (χ1n) is 8.87. The fraction of sp³-hybridized carbons (Fsp3) is 0.167. The summed E-state index contributed by atoms with van der Waals surface area (Å²) < 4.78 is 0. The third-order valence-electron chi connectivity index (χ3n) is 5.46. The van der Waals surface area contributed by atoms with E-state index in [1.54, 1.807) is 0 Å². The van der Waals surface area contributed by atoms with Crippen LogP contribution in [0.4, 0.5) is 0 Å². The fourth-order valence-corrected chi connectivity index (χ4v) is 4.48. The molecular weight excluding hydrogens is 288 g/mol. The normalized spacial score (nSPS) is 12.1. The molecule has 0 atom stereocenters. The third kappa shape index (κ3) is 1.69. The van der Waals surface area contributed by atoms with Gasteiger partial charge in [0.2, 0.25) is 0 Å². The van der Waals surface area contributed by atoms with Gasteiger partial charge in [-0.1, -0.05) is 74.0 Å². The van der Waals surface area contributed by atoms with E-state index in [4.69, 9.17) is 0 Å². The summed E-state index contributed by atoms with van der Waals surface area (Å²) in [6, 6.07) is 22.6. The van der Waals surface area contributed by atoms with Gasteiger partial charge in [0, 0.05) is 0 Å². The van der Waals surface area contributed by atoms with E-state index in [9.17, 15) is 0 Å². The summed E-state index contributed by atoms with van der Waals surface area (Å²) in [6.45, 7) is 4.55. The number of hydrogen-bond acceptors (Lipinski definition) is 0. The van der Waals surface area contributed by atoms with E-state index >= 15 is 0 Å². The zero-order chi connectivity index (χ0) is 16.3. The largest absolute Gasteiger partial charge is 0.0651 e. The Morgan fingerprint density at radius 1 is 0.667 bits per heavy atom. The van der Waals surface area contributed by atoms with Gasteiger partial charge in [-0.3, -0.25) is 0 Å². The smallest absolute Gasteiger partial charge is 0.00174 e. The van der Waals surface area contributed by atoms with Crippen molar-refractivity contribution in [3.8, 4) is 0 Å². The van der Waals surface area contributed by atoms with Crippen molar-refractivity contribution in [3.05, 3.63) is 71.8 Å². The SMILES string of the molecule is CCCc1c(C)cc2ccc3cccc4c5ccccc5c1c2c34. The topological polar surface area (TPSA) is 0 Å². The Labute approximate surface area is 142 Å². The van der Waals surface area contributed by atoms with E-state index in [2.05, 4.69) is 74.5 Å². The molecule has 0 aliphatic carbocycles. The standard InChI is InChI=1S/C24H20/c1-3-7-18-15(2)14-17-13-12-16-8-6-11-20-19-9-4-5-10-21(19)24(18)23(17)22(16)20/h4-6,8-14H,3,7H2,1-2H3. The van der Waals surface area contributed by atoms with Crippen LogP contribution in [0.2, 0.25) is 0 Å². The third-order valence-corrected chi connectivity index (χ3v) is 5.46. The van der Waals surface area contributed by atoms with Gasteiger partial charge in [-0.25, -0.2) is 0 Å². The summed E-state index contributed by atoms with van der Waals surface area (Å²) in [7, 11) is 0. The maximum Gasteiger partial charge on any atom is -0.00174 e. The summed E-state index contributed by atoms with van der Waals surface area (Å²) in [5.74, 6) is 0. The first-order valence-corrected chi connectivity index (χ1v) is 8.87. The van der Waals surface area contributed by atoms with Crippen LogP contribution in [0.15, 0.2) is 60.7 Å². The molecule has 0 nitrogen and oxygen atoms in total. The molecule has 0 saturated heterocycles. The molecule has 0 aliphatic heterocycles. The summed E-state index contributed by atoms with van der Waals surface area (Å²) in [6.07, 6.45) is 2.32. The highest BCUT2D eigenvalue weighted by molar-refractivity contribution is 6.34. The molecule has 0 radical (unpaired) electrons. The van der Waals surface area contributed by atoms with Crippen LogP contribution < -0.4 is 0 Å². The number of benzene rings is 5. The van der Waals surface area contributed by atoms with Crippen molar-refractivity contribution in [2.45, 2.75) is 26.7 Å². The van der Waals surface area contributed by atoms with Gasteiger partial charge in [0.1, 0.15) is 0 Å². The Balaban J connectivity index is 2.22. The average molecular weight is 308 g/mol. The molecule has 24 heavy (non-hydrogen) atoms. The molecule has 116 valence electrons. The Morgan fingerprint density at radius 3 is 2.21 bits per heavy atom. The van der Waals surface area contributed by atoms with E-state index in [1.807, 2.05) is 0 Å². The van der Waals surface area contributed by atoms with E-state index < -0.39 is 0 Å². The highest BCUT2D eigenvalue weighted by Crippen LogP contribution is 2.43. The van der Waals surface area contributed by atoms with Gasteiger partial charge in [0.05, 0.1) is 0 Å². The second kappa shape index (κ2) is 4.95. The molecule has 0 N–H and O–H groups in total. The van der Waals surface area contributed by atoms with Crippen LogP contribution >= 0.6 is 0 Å². The summed E-state index contributed by atoms with van der Waals surface area (Å²) in [5, 5.41) is 11.3. The van der Waals surface area contributed by atoms with E-state index in [0.29, 0.717) is 0 Å². The molecule has 0 fully saturated rings. The number of hydrogen-bond donors (Lipinski definition) is 0. The van der Waals surface area contributed by atoms with Gasteiger partial charge in [-0.05, 0) is 67.6 Å². The van der Waals surface area contributed by atoms with Crippen LogP contribution in [0.3, 0.4) is 0 Å². The van der Waals surface area contributed by atoms with Gasteiger partial charge >= 0.3 is 0 Å². The van der Waals surface area contributed by atoms with Crippen molar-refractivity contribution < 1.29 is 0 Å². The molecule has 5 rings (SSSR count). The van der Waals surface area contributed by atoms with E-state index in [0.717, 1.165) is 6.42 Å². The lowest BCUT2D eigenvalue weighted by atomic mass is 9.85. The number of fused-ring (bicyclic) bond motifs is 3. The van der Waals surface area contributed by atoms with Crippen molar-refractivity contribution in [3.63, 3.8) is 0 Å². The van der Waals surface area contributed by atoms with Crippen LogP contribution in [-0.2, 0) is 6.42 Å². The van der Waals surface area contributed by atoms with Gasteiger partial charge in [-0.2, -0.15) is 0 Å². The van der Waals surface area contributed by atoms with Gasteiger partial charge in [0.25, 0.3) is 0 Å². The fourth-order valence-electron chi connectivity index (χ4n) is 4.48. The molecule has 0 unspecified atom stereocenters.